The number of para-hydroxylation sites is 1. The highest BCUT2D eigenvalue weighted by molar-refractivity contribution is 5.81. The molecule has 0 saturated carbocycles. The van der Waals surface area contributed by atoms with Crippen LogP contribution in [0.2, 0.25) is 0 Å². The van der Waals surface area contributed by atoms with E-state index in [2.05, 4.69) is 57.0 Å². The lowest BCUT2D eigenvalue weighted by Crippen LogP contribution is -2.47. The summed E-state index contributed by atoms with van der Waals surface area (Å²) in [6, 6.07) is 15.1. The summed E-state index contributed by atoms with van der Waals surface area (Å²) in [5.41, 5.74) is 3.57. The largest absolute Gasteiger partial charge is 0.368 e. The van der Waals surface area contributed by atoms with Gasteiger partial charge in [-0.15, -0.1) is 0 Å². The number of nitrogens with zero attached hydrogens (tertiary/aromatic N) is 4. The van der Waals surface area contributed by atoms with Crippen LogP contribution in [0.15, 0.2) is 61.1 Å². The molecule has 24 heavy (non-hydrogen) atoms. The molecule has 1 saturated heterocycles. The van der Waals surface area contributed by atoms with E-state index < -0.39 is 0 Å². The van der Waals surface area contributed by atoms with Crippen molar-refractivity contribution in [3.8, 4) is 0 Å². The summed E-state index contributed by atoms with van der Waals surface area (Å²) >= 11 is 0. The first-order valence-corrected chi connectivity index (χ1v) is 8.55. The van der Waals surface area contributed by atoms with Crippen molar-refractivity contribution in [2.45, 2.75) is 13.0 Å². The lowest BCUT2D eigenvalue weighted by atomic mass is 10.1. The first-order valence-electron chi connectivity index (χ1n) is 8.55. The third-order valence-corrected chi connectivity index (χ3v) is 4.97. The Bertz CT molecular complexity index is 810. The van der Waals surface area contributed by atoms with Crippen LogP contribution in [-0.4, -0.2) is 41.0 Å². The Kier molecular flexibility index (Phi) is 4.13. The summed E-state index contributed by atoms with van der Waals surface area (Å²) in [4.78, 5) is 13.8. The van der Waals surface area contributed by atoms with Crippen LogP contribution in [0.5, 0.6) is 0 Å². The number of rotatable bonds is 3. The molecule has 4 heteroatoms. The Morgan fingerprint density at radius 1 is 0.958 bits per heavy atom. The number of hydrogen-bond donors (Lipinski definition) is 0. The van der Waals surface area contributed by atoms with E-state index in [1.165, 1.54) is 16.6 Å². The molecule has 0 bridgehead atoms. The molecule has 4 rings (SSSR count). The average Bonchev–Trinajstić information content (AvgIpc) is 2.68. The molecule has 1 aliphatic rings. The minimum Gasteiger partial charge on any atom is -0.368 e. The van der Waals surface area contributed by atoms with Crippen molar-refractivity contribution in [3.05, 3.63) is 66.6 Å². The van der Waals surface area contributed by atoms with E-state index in [-0.39, 0.29) is 0 Å². The van der Waals surface area contributed by atoms with Gasteiger partial charge in [-0.05, 0) is 30.7 Å². The van der Waals surface area contributed by atoms with Crippen LogP contribution in [-0.2, 0) is 0 Å². The molecule has 3 aromatic rings. The van der Waals surface area contributed by atoms with E-state index in [9.17, 15) is 0 Å². The zero-order chi connectivity index (χ0) is 16.4. The highest BCUT2D eigenvalue weighted by Crippen LogP contribution is 2.24. The first-order chi connectivity index (χ1) is 11.8. The second kappa shape index (κ2) is 6.57. The fourth-order valence-electron chi connectivity index (χ4n) is 3.43. The number of hydrogen-bond acceptors (Lipinski definition) is 4. The zero-order valence-electron chi connectivity index (χ0n) is 14.0. The molecule has 1 unspecified atom stereocenters. The van der Waals surface area contributed by atoms with Gasteiger partial charge >= 0.3 is 0 Å². The van der Waals surface area contributed by atoms with Gasteiger partial charge in [-0.2, -0.15) is 0 Å². The molecule has 122 valence electrons. The summed E-state index contributed by atoms with van der Waals surface area (Å²) in [7, 11) is 0. The average molecular weight is 318 g/mol. The van der Waals surface area contributed by atoms with Gasteiger partial charge in [0.1, 0.15) is 0 Å². The highest BCUT2D eigenvalue weighted by Gasteiger charge is 2.22. The molecule has 2 aromatic heterocycles. The SMILES string of the molecule is CC(c1cccnc1)N1CCN(c2cnc3ccccc3c2)CC1. The smallest absolute Gasteiger partial charge is 0.0703 e. The van der Waals surface area contributed by atoms with Gasteiger partial charge < -0.3 is 4.90 Å². The normalized spacial score (nSPS) is 17.1. The lowest BCUT2D eigenvalue weighted by Gasteiger charge is -2.39. The molecule has 1 aromatic carbocycles. The number of benzene rings is 1. The van der Waals surface area contributed by atoms with Gasteiger partial charge in [-0.25, -0.2) is 0 Å². The molecule has 3 heterocycles. The van der Waals surface area contributed by atoms with Crippen LogP contribution in [0, 0.1) is 0 Å². The van der Waals surface area contributed by atoms with E-state index in [4.69, 9.17) is 0 Å². The molecule has 0 amide bonds. The predicted octanol–water partition coefficient (Wildman–Crippen LogP) is 3.51. The van der Waals surface area contributed by atoms with Gasteiger partial charge in [0.05, 0.1) is 17.4 Å². The predicted molar refractivity (Wildman–Crippen MR) is 98.2 cm³/mol. The maximum Gasteiger partial charge on any atom is 0.0703 e. The van der Waals surface area contributed by atoms with Crippen LogP contribution in [0.25, 0.3) is 10.9 Å². The topological polar surface area (TPSA) is 32.3 Å². The Morgan fingerprint density at radius 2 is 1.79 bits per heavy atom. The van der Waals surface area contributed by atoms with E-state index in [0.29, 0.717) is 6.04 Å². The second-order valence-corrected chi connectivity index (χ2v) is 6.37. The van der Waals surface area contributed by atoms with Gasteiger partial charge in [-0.1, -0.05) is 24.3 Å². The fourth-order valence-corrected chi connectivity index (χ4v) is 3.43. The van der Waals surface area contributed by atoms with E-state index in [1.54, 1.807) is 0 Å². The summed E-state index contributed by atoms with van der Waals surface area (Å²) in [5, 5.41) is 1.21. The van der Waals surface area contributed by atoms with Crippen molar-refractivity contribution in [2.24, 2.45) is 0 Å². The fraction of sp³-hybridized carbons (Fsp3) is 0.300. The van der Waals surface area contributed by atoms with Crippen molar-refractivity contribution in [1.29, 1.82) is 0 Å². The van der Waals surface area contributed by atoms with Gasteiger partial charge in [0, 0.05) is 50.0 Å². The first kappa shape index (κ1) is 15.1. The third-order valence-electron chi connectivity index (χ3n) is 4.97. The summed E-state index contributed by atoms with van der Waals surface area (Å²) in [5.74, 6) is 0. The Balaban J connectivity index is 1.45. The number of piperazine rings is 1. The van der Waals surface area contributed by atoms with Gasteiger partial charge in [0.15, 0.2) is 0 Å². The van der Waals surface area contributed by atoms with Crippen LogP contribution in [0.1, 0.15) is 18.5 Å². The monoisotopic (exact) mass is 318 g/mol. The molecular weight excluding hydrogens is 296 g/mol. The zero-order valence-corrected chi connectivity index (χ0v) is 14.0. The van der Waals surface area contributed by atoms with Crippen molar-refractivity contribution in [1.82, 2.24) is 14.9 Å². The minimum absolute atomic E-state index is 0.413. The molecule has 0 aliphatic carbocycles. The van der Waals surface area contributed by atoms with E-state index >= 15 is 0 Å². The molecule has 1 atom stereocenters. The minimum atomic E-state index is 0.413. The molecule has 1 fully saturated rings. The van der Waals surface area contributed by atoms with E-state index in [1.807, 2.05) is 30.7 Å². The number of anilines is 1. The molecule has 0 radical (unpaired) electrons. The Hall–Kier alpha value is -2.46. The number of fused-ring (bicyclic) bond motifs is 1. The standard InChI is InChI=1S/C20H22N4/c1-16(18-6-4-8-21-14-18)23-9-11-24(12-10-23)19-13-17-5-2-3-7-20(17)22-15-19/h2-8,13-16H,9-12H2,1H3. The molecule has 0 spiro atoms. The van der Waals surface area contributed by atoms with E-state index in [0.717, 1.165) is 31.7 Å². The van der Waals surface area contributed by atoms with Crippen molar-refractivity contribution >= 4 is 16.6 Å². The third kappa shape index (κ3) is 2.97. The number of aromatic nitrogens is 2. The summed E-state index contributed by atoms with van der Waals surface area (Å²) in [6.45, 7) is 6.45. The number of pyridine rings is 2. The maximum atomic E-state index is 4.59. The van der Waals surface area contributed by atoms with Crippen LogP contribution >= 0.6 is 0 Å². The van der Waals surface area contributed by atoms with Gasteiger partial charge in [0.25, 0.3) is 0 Å². The van der Waals surface area contributed by atoms with Crippen molar-refractivity contribution in [3.63, 3.8) is 0 Å². The summed E-state index contributed by atoms with van der Waals surface area (Å²) < 4.78 is 0. The van der Waals surface area contributed by atoms with Gasteiger partial charge in [-0.3, -0.25) is 14.9 Å². The molecule has 0 N–H and O–H groups in total. The Morgan fingerprint density at radius 3 is 2.58 bits per heavy atom. The summed E-state index contributed by atoms with van der Waals surface area (Å²) in [6.07, 6.45) is 5.81. The maximum absolute atomic E-state index is 4.59. The van der Waals surface area contributed by atoms with Gasteiger partial charge in [0.2, 0.25) is 0 Å². The van der Waals surface area contributed by atoms with Crippen LogP contribution < -0.4 is 4.90 Å². The van der Waals surface area contributed by atoms with Crippen molar-refractivity contribution < 1.29 is 0 Å². The molecule has 4 nitrogen and oxygen atoms in total. The van der Waals surface area contributed by atoms with Crippen LogP contribution in [0.4, 0.5) is 5.69 Å². The molecular formula is C20H22N4. The highest BCUT2D eigenvalue weighted by atomic mass is 15.3. The quantitative estimate of drug-likeness (QED) is 0.740. The van der Waals surface area contributed by atoms with Crippen LogP contribution in [0.3, 0.4) is 0 Å². The molecule has 1 aliphatic heterocycles. The Labute approximate surface area is 142 Å². The lowest BCUT2D eigenvalue weighted by molar-refractivity contribution is 0.198. The second-order valence-electron chi connectivity index (χ2n) is 6.37. The van der Waals surface area contributed by atoms with Crippen molar-refractivity contribution in [2.75, 3.05) is 31.1 Å².